The maximum Gasteiger partial charge on any atom is 0.269 e. The monoisotopic (exact) mass is 365 g/mol. The summed E-state index contributed by atoms with van der Waals surface area (Å²) in [6, 6.07) is 23.2. The highest BCUT2D eigenvalue weighted by molar-refractivity contribution is 7.80. The van der Waals surface area contributed by atoms with Crippen LogP contribution in [0.5, 0.6) is 0 Å². The third-order valence-electron chi connectivity index (χ3n) is 3.67. The van der Waals surface area contributed by atoms with Gasteiger partial charge >= 0.3 is 0 Å². The molecule has 3 N–H and O–H groups in total. The van der Waals surface area contributed by atoms with Gasteiger partial charge in [-0.2, -0.15) is 0 Å². The van der Waals surface area contributed by atoms with Crippen molar-refractivity contribution in [2.45, 2.75) is 0 Å². The second kappa shape index (κ2) is 8.22. The largest absolute Gasteiger partial charge is 0.329 e. The van der Waals surface area contributed by atoms with Gasteiger partial charge in [0.2, 0.25) is 0 Å². The van der Waals surface area contributed by atoms with Gasteiger partial charge in [0.1, 0.15) is 5.82 Å². The highest BCUT2D eigenvalue weighted by Gasteiger charge is 2.07. The number of amides is 1. The van der Waals surface area contributed by atoms with Crippen LogP contribution in [0.4, 0.5) is 10.1 Å². The van der Waals surface area contributed by atoms with E-state index in [9.17, 15) is 9.18 Å². The number of nitrogens with one attached hydrogen (secondary N) is 3. The number of hydrazine groups is 1. The molecule has 130 valence electrons. The predicted octanol–water partition coefficient (Wildman–Crippen LogP) is 4.12. The highest BCUT2D eigenvalue weighted by Crippen LogP contribution is 2.19. The van der Waals surface area contributed by atoms with Gasteiger partial charge in [0.25, 0.3) is 5.91 Å². The van der Waals surface area contributed by atoms with E-state index in [1.54, 1.807) is 30.3 Å². The number of thiocarbonyl (C=S) groups is 1. The Balaban J connectivity index is 1.56. The molecule has 0 heterocycles. The average Bonchev–Trinajstić information content (AvgIpc) is 2.69. The molecule has 3 rings (SSSR count). The molecule has 4 nitrogen and oxygen atoms in total. The molecule has 0 aliphatic carbocycles. The molecule has 1 amide bonds. The number of carbonyl (C=O) groups excluding carboxylic acids is 1. The molecule has 26 heavy (non-hydrogen) atoms. The summed E-state index contributed by atoms with van der Waals surface area (Å²) in [6.07, 6.45) is 0. The first-order valence-electron chi connectivity index (χ1n) is 7.91. The number of para-hydroxylation sites is 1. The quantitative estimate of drug-likeness (QED) is 0.483. The molecule has 0 atom stereocenters. The topological polar surface area (TPSA) is 53.2 Å². The fourth-order valence-electron chi connectivity index (χ4n) is 2.35. The van der Waals surface area contributed by atoms with E-state index < -0.39 is 5.82 Å². The van der Waals surface area contributed by atoms with E-state index in [-0.39, 0.29) is 16.7 Å². The normalized spacial score (nSPS) is 10.0. The first-order chi connectivity index (χ1) is 12.6. The first kappa shape index (κ1) is 17.6. The Bertz CT molecular complexity index is 914. The average molecular weight is 365 g/mol. The van der Waals surface area contributed by atoms with Crippen LogP contribution in [-0.4, -0.2) is 11.0 Å². The molecular formula is C20H16FN3OS. The minimum Gasteiger partial charge on any atom is -0.329 e. The van der Waals surface area contributed by atoms with Gasteiger partial charge in [-0.25, -0.2) is 4.39 Å². The molecule has 0 aliphatic rings. The van der Waals surface area contributed by atoms with E-state index in [2.05, 4.69) is 16.2 Å². The van der Waals surface area contributed by atoms with Gasteiger partial charge in [-0.15, -0.1) is 0 Å². The van der Waals surface area contributed by atoms with Crippen molar-refractivity contribution < 1.29 is 9.18 Å². The predicted molar refractivity (Wildman–Crippen MR) is 105 cm³/mol. The van der Waals surface area contributed by atoms with Gasteiger partial charge in [-0.1, -0.05) is 54.6 Å². The Kier molecular flexibility index (Phi) is 5.56. The summed E-state index contributed by atoms with van der Waals surface area (Å²) in [5.41, 5.74) is 7.84. The third-order valence-corrected chi connectivity index (χ3v) is 3.87. The van der Waals surface area contributed by atoms with Crippen molar-refractivity contribution in [1.29, 1.82) is 0 Å². The summed E-state index contributed by atoms with van der Waals surface area (Å²) in [4.78, 5) is 12.2. The van der Waals surface area contributed by atoms with Gasteiger partial charge in [0.15, 0.2) is 5.11 Å². The highest BCUT2D eigenvalue weighted by atomic mass is 32.1. The van der Waals surface area contributed by atoms with Gasteiger partial charge in [0, 0.05) is 5.56 Å². The van der Waals surface area contributed by atoms with Crippen molar-refractivity contribution in [3.05, 3.63) is 90.2 Å². The fourth-order valence-corrected chi connectivity index (χ4v) is 2.51. The lowest BCUT2D eigenvalue weighted by Gasteiger charge is -2.12. The number of halogens is 1. The summed E-state index contributed by atoms with van der Waals surface area (Å²) >= 11 is 5.05. The SMILES string of the molecule is O=C(NNC(=S)Nc1ccccc1F)c1ccc(-c2ccccc2)cc1. The number of rotatable bonds is 3. The van der Waals surface area contributed by atoms with Gasteiger partial charge in [0.05, 0.1) is 5.69 Å². The molecule has 3 aromatic carbocycles. The number of hydrogen-bond acceptors (Lipinski definition) is 2. The number of hydrogen-bond donors (Lipinski definition) is 3. The van der Waals surface area contributed by atoms with Crippen molar-refractivity contribution in [3.63, 3.8) is 0 Å². The first-order valence-corrected chi connectivity index (χ1v) is 8.31. The lowest BCUT2D eigenvalue weighted by atomic mass is 10.0. The van der Waals surface area contributed by atoms with Crippen molar-refractivity contribution >= 4 is 28.9 Å². The van der Waals surface area contributed by atoms with Crippen LogP contribution in [0.2, 0.25) is 0 Å². The van der Waals surface area contributed by atoms with Crippen LogP contribution >= 0.6 is 12.2 Å². The van der Waals surface area contributed by atoms with E-state index in [0.29, 0.717) is 5.56 Å². The van der Waals surface area contributed by atoms with Gasteiger partial charge in [-0.05, 0) is 47.6 Å². The summed E-state index contributed by atoms with van der Waals surface area (Å²) in [5, 5.41) is 2.77. The van der Waals surface area contributed by atoms with E-state index in [1.807, 2.05) is 42.5 Å². The Morgan fingerprint density at radius 3 is 2.08 bits per heavy atom. The zero-order chi connectivity index (χ0) is 18.4. The fraction of sp³-hybridized carbons (Fsp3) is 0. The molecule has 6 heteroatoms. The Hall–Kier alpha value is -3.25. The van der Waals surface area contributed by atoms with Crippen LogP contribution in [0.15, 0.2) is 78.9 Å². The molecule has 0 spiro atoms. The molecule has 0 fully saturated rings. The summed E-state index contributed by atoms with van der Waals surface area (Å²) < 4.78 is 13.6. The molecule has 0 bridgehead atoms. The number of benzene rings is 3. The molecule has 0 saturated carbocycles. The zero-order valence-electron chi connectivity index (χ0n) is 13.7. The Labute approximate surface area is 156 Å². The smallest absolute Gasteiger partial charge is 0.269 e. The van der Waals surface area contributed by atoms with Crippen LogP contribution in [0.3, 0.4) is 0 Å². The summed E-state index contributed by atoms with van der Waals surface area (Å²) in [7, 11) is 0. The molecule has 0 unspecified atom stereocenters. The van der Waals surface area contributed by atoms with E-state index in [0.717, 1.165) is 11.1 Å². The minimum absolute atomic E-state index is 0.0874. The number of carbonyl (C=O) groups is 1. The molecule has 3 aromatic rings. The molecule has 0 aromatic heterocycles. The van der Waals surface area contributed by atoms with Crippen molar-refractivity contribution in [2.75, 3.05) is 5.32 Å². The minimum atomic E-state index is -0.431. The third kappa shape index (κ3) is 4.43. The van der Waals surface area contributed by atoms with Crippen LogP contribution in [-0.2, 0) is 0 Å². The van der Waals surface area contributed by atoms with Crippen LogP contribution in [0.1, 0.15) is 10.4 Å². The summed E-state index contributed by atoms with van der Waals surface area (Å²) in [6.45, 7) is 0. The molecule has 0 saturated heterocycles. The van der Waals surface area contributed by atoms with Crippen molar-refractivity contribution in [2.24, 2.45) is 0 Å². The zero-order valence-corrected chi connectivity index (χ0v) is 14.5. The van der Waals surface area contributed by atoms with Crippen LogP contribution < -0.4 is 16.2 Å². The van der Waals surface area contributed by atoms with E-state index >= 15 is 0 Å². The molecule has 0 aliphatic heterocycles. The van der Waals surface area contributed by atoms with Crippen LogP contribution in [0, 0.1) is 5.82 Å². The van der Waals surface area contributed by atoms with Gasteiger partial charge < -0.3 is 5.32 Å². The van der Waals surface area contributed by atoms with E-state index in [4.69, 9.17) is 12.2 Å². The number of anilines is 1. The Morgan fingerprint density at radius 2 is 1.38 bits per heavy atom. The van der Waals surface area contributed by atoms with Crippen molar-refractivity contribution in [3.8, 4) is 11.1 Å². The molecular weight excluding hydrogens is 349 g/mol. The second-order valence-corrected chi connectivity index (χ2v) is 5.86. The second-order valence-electron chi connectivity index (χ2n) is 5.46. The van der Waals surface area contributed by atoms with E-state index in [1.165, 1.54) is 6.07 Å². The lowest BCUT2D eigenvalue weighted by molar-refractivity contribution is 0.0944. The van der Waals surface area contributed by atoms with Crippen molar-refractivity contribution in [1.82, 2.24) is 10.9 Å². The van der Waals surface area contributed by atoms with Crippen LogP contribution in [0.25, 0.3) is 11.1 Å². The lowest BCUT2D eigenvalue weighted by Crippen LogP contribution is -2.43. The molecule has 0 radical (unpaired) electrons. The Morgan fingerprint density at radius 1 is 0.769 bits per heavy atom. The standard InChI is InChI=1S/C20H16FN3OS/c21-17-8-4-5-9-18(17)22-20(26)24-23-19(25)16-12-10-15(11-13-16)14-6-2-1-3-7-14/h1-13H,(H,23,25)(H2,22,24,26). The maximum atomic E-state index is 13.6. The summed E-state index contributed by atoms with van der Waals surface area (Å²) in [5.74, 6) is -0.776. The maximum absolute atomic E-state index is 13.6. The van der Waals surface area contributed by atoms with Gasteiger partial charge in [-0.3, -0.25) is 15.6 Å².